The lowest BCUT2D eigenvalue weighted by Crippen LogP contribution is -2.18. The summed E-state index contributed by atoms with van der Waals surface area (Å²) < 4.78 is 0. The van der Waals surface area contributed by atoms with Crippen molar-refractivity contribution in [2.24, 2.45) is 0 Å². The van der Waals surface area contributed by atoms with Gasteiger partial charge in [-0.2, -0.15) is 0 Å². The fraction of sp³-hybridized carbons (Fsp3) is 0.107. The first kappa shape index (κ1) is 34.4. The third-order valence-electron chi connectivity index (χ3n) is 13.0. The molecule has 2 aliphatic rings. The third kappa shape index (κ3) is 5.11. The van der Waals surface area contributed by atoms with Crippen molar-refractivity contribution in [3.8, 4) is 22.3 Å². The Kier molecular flexibility index (Phi) is 7.59. The number of nitrogens with zero attached hydrogens (tertiary/aromatic N) is 2. The van der Waals surface area contributed by atoms with Gasteiger partial charge in [-0.15, -0.1) is 0 Å². The van der Waals surface area contributed by atoms with Crippen LogP contribution in [0.4, 0.5) is 34.1 Å². The molecule has 0 amide bonds. The second-order valence-electron chi connectivity index (χ2n) is 17.0. The summed E-state index contributed by atoms with van der Waals surface area (Å²) in [5.41, 5.74) is 17.3. The van der Waals surface area contributed by atoms with Gasteiger partial charge in [0.05, 0.1) is 5.69 Å². The van der Waals surface area contributed by atoms with E-state index in [-0.39, 0.29) is 10.8 Å². The average Bonchev–Trinajstić information content (AvgIpc) is 3.63. The van der Waals surface area contributed by atoms with Gasteiger partial charge in [-0.25, -0.2) is 0 Å². The Morgan fingerprint density at radius 1 is 0.310 bits per heavy atom. The van der Waals surface area contributed by atoms with Crippen molar-refractivity contribution in [3.05, 3.63) is 216 Å². The molecule has 2 aliphatic carbocycles. The summed E-state index contributed by atoms with van der Waals surface area (Å²) in [5, 5.41) is 4.88. The number of hydrogen-bond donors (Lipinski definition) is 0. The van der Waals surface area contributed by atoms with Crippen LogP contribution in [0.2, 0.25) is 0 Å². The van der Waals surface area contributed by atoms with Crippen LogP contribution in [-0.2, 0) is 10.8 Å². The first-order chi connectivity index (χ1) is 28.3. The maximum absolute atomic E-state index is 2.49. The summed E-state index contributed by atoms with van der Waals surface area (Å²) in [6.45, 7) is 9.46. The van der Waals surface area contributed by atoms with Crippen molar-refractivity contribution in [1.82, 2.24) is 0 Å². The number of para-hydroxylation sites is 2. The van der Waals surface area contributed by atoms with Crippen LogP contribution >= 0.6 is 0 Å². The zero-order chi connectivity index (χ0) is 39.2. The van der Waals surface area contributed by atoms with Crippen molar-refractivity contribution in [1.29, 1.82) is 0 Å². The van der Waals surface area contributed by atoms with E-state index in [0.29, 0.717) is 0 Å². The van der Waals surface area contributed by atoms with Gasteiger partial charge in [-0.1, -0.05) is 161 Å². The smallest absolute Gasteiger partial charge is 0.0567 e. The minimum atomic E-state index is -0.133. The van der Waals surface area contributed by atoms with Gasteiger partial charge in [-0.3, -0.25) is 0 Å². The Morgan fingerprint density at radius 3 is 1.38 bits per heavy atom. The quantitative estimate of drug-likeness (QED) is 0.156. The fourth-order valence-corrected chi connectivity index (χ4v) is 10.1. The van der Waals surface area contributed by atoms with Crippen LogP contribution in [0.15, 0.2) is 194 Å². The molecule has 0 aliphatic heterocycles. The number of rotatable bonds is 6. The highest BCUT2D eigenvalue weighted by Crippen LogP contribution is 2.54. The number of benzene rings is 9. The summed E-state index contributed by atoms with van der Waals surface area (Å²) in [5.74, 6) is 0. The van der Waals surface area contributed by atoms with E-state index < -0.39 is 0 Å². The standard InChI is InChI=1S/C56H44N2/c1-55(2)49-25-15-13-23-45(49)47-31-29-41(34-51(47)55)57(39-18-7-5-8-19-39)43-33-38-28-27-37-17-11-12-22-44(37)54(38)53(36-43)58(40-20-9-6-10-21-40)42-30-32-48-46-24-14-16-26-50(46)56(3,4)52(48)35-42/h5-36H,1-4H3. The average molecular weight is 745 g/mol. The van der Waals surface area contributed by atoms with Gasteiger partial charge < -0.3 is 9.80 Å². The molecule has 0 N–H and O–H groups in total. The molecule has 0 radical (unpaired) electrons. The zero-order valence-electron chi connectivity index (χ0n) is 33.4. The SMILES string of the molecule is CC1(C)c2ccccc2-c2ccc(N(c3ccccc3)c3cc(N(c4ccccc4)c4ccc5c(c4)C(C)(C)c4ccccc4-5)c4c(ccc5ccccc54)c3)cc21. The van der Waals surface area contributed by atoms with Gasteiger partial charge in [0.2, 0.25) is 0 Å². The fourth-order valence-electron chi connectivity index (χ4n) is 10.1. The van der Waals surface area contributed by atoms with Crippen LogP contribution in [0.25, 0.3) is 43.8 Å². The molecule has 2 heteroatoms. The van der Waals surface area contributed by atoms with Gasteiger partial charge >= 0.3 is 0 Å². The second kappa shape index (κ2) is 12.8. The van der Waals surface area contributed by atoms with E-state index >= 15 is 0 Å². The van der Waals surface area contributed by atoms with Crippen LogP contribution in [0, 0.1) is 0 Å². The Labute approximate surface area is 341 Å². The van der Waals surface area contributed by atoms with E-state index in [1.807, 2.05) is 0 Å². The summed E-state index contributed by atoms with van der Waals surface area (Å²) in [7, 11) is 0. The summed E-state index contributed by atoms with van der Waals surface area (Å²) in [4.78, 5) is 4.94. The predicted octanol–water partition coefficient (Wildman–Crippen LogP) is 15.5. The molecule has 0 spiro atoms. The normalized spacial score (nSPS) is 14.1. The van der Waals surface area contributed by atoms with Crippen molar-refractivity contribution >= 4 is 55.7 Å². The molecule has 2 nitrogen and oxygen atoms in total. The van der Waals surface area contributed by atoms with Gasteiger partial charge in [0.25, 0.3) is 0 Å². The molecule has 58 heavy (non-hydrogen) atoms. The molecule has 0 unspecified atom stereocenters. The minimum Gasteiger partial charge on any atom is -0.310 e. The molecule has 278 valence electrons. The Bertz CT molecular complexity index is 3070. The van der Waals surface area contributed by atoms with Gasteiger partial charge in [0, 0.05) is 44.7 Å². The minimum absolute atomic E-state index is 0.122. The lowest BCUT2D eigenvalue weighted by Gasteiger charge is -2.32. The molecule has 11 rings (SSSR count). The largest absolute Gasteiger partial charge is 0.310 e. The van der Waals surface area contributed by atoms with Gasteiger partial charge in [-0.05, 0) is 121 Å². The van der Waals surface area contributed by atoms with Crippen LogP contribution in [-0.4, -0.2) is 0 Å². The molecular formula is C56H44N2. The molecule has 0 atom stereocenters. The molecule has 0 bridgehead atoms. The number of hydrogen-bond acceptors (Lipinski definition) is 2. The Morgan fingerprint density at radius 2 is 0.776 bits per heavy atom. The monoisotopic (exact) mass is 744 g/mol. The predicted molar refractivity (Wildman–Crippen MR) is 246 cm³/mol. The lowest BCUT2D eigenvalue weighted by molar-refractivity contribution is 0.660. The molecule has 0 fully saturated rings. The molecular weight excluding hydrogens is 701 g/mol. The summed E-state index contributed by atoms with van der Waals surface area (Å²) in [6.07, 6.45) is 0. The number of anilines is 6. The third-order valence-corrected chi connectivity index (χ3v) is 13.0. The van der Waals surface area contributed by atoms with E-state index in [0.717, 1.165) is 34.1 Å². The Balaban J connectivity index is 1.18. The van der Waals surface area contributed by atoms with Crippen molar-refractivity contribution in [2.75, 3.05) is 9.80 Å². The topological polar surface area (TPSA) is 6.48 Å². The molecule has 9 aromatic carbocycles. The van der Waals surface area contributed by atoms with Crippen molar-refractivity contribution in [2.45, 2.75) is 38.5 Å². The van der Waals surface area contributed by atoms with Crippen LogP contribution in [0.1, 0.15) is 49.9 Å². The highest BCUT2D eigenvalue weighted by atomic mass is 15.2. The van der Waals surface area contributed by atoms with Crippen molar-refractivity contribution < 1.29 is 0 Å². The van der Waals surface area contributed by atoms with Gasteiger partial charge in [0.1, 0.15) is 0 Å². The molecule has 9 aromatic rings. The van der Waals surface area contributed by atoms with Crippen LogP contribution in [0.5, 0.6) is 0 Å². The van der Waals surface area contributed by atoms with E-state index in [2.05, 4.69) is 232 Å². The molecule has 0 heterocycles. The van der Waals surface area contributed by atoms with Crippen LogP contribution in [0.3, 0.4) is 0 Å². The van der Waals surface area contributed by atoms with E-state index in [1.165, 1.54) is 66.1 Å². The molecule has 0 saturated heterocycles. The maximum atomic E-state index is 2.49. The van der Waals surface area contributed by atoms with E-state index in [4.69, 9.17) is 0 Å². The van der Waals surface area contributed by atoms with E-state index in [9.17, 15) is 0 Å². The first-order valence-corrected chi connectivity index (χ1v) is 20.4. The molecule has 0 aromatic heterocycles. The van der Waals surface area contributed by atoms with E-state index in [1.54, 1.807) is 0 Å². The highest BCUT2D eigenvalue weighted by molar-refractivity contribution is 6.16. The van der Waals surface area contributed by atoms with Gasteiger partial charge in [0.15, 0.2) is 0 Å². The second-order valence-corrected chi connectivity index (χ2v) is 17.0. The maximum Gasteiger partial charge on any atom is 0.0567 e. The highest BCUT2D eigenvalue weighted by Gasteiger charge is 2.37. The van der Waals surface area contributed by atoms with Crippen LogP contribution < -0.4 is 9.80 Å². The van der Waals surface area contributed by atoms with Crippen molar-refractivity contribution in [3.63, 3.8) is 0 Å². The summed E-state index contributed by atoms with van der Waals surface area (Å²) in [6, 6.07) is 72.0. The number of fused-ring (bicyclic) bond motifs is 9. The first-order valence-electron chi connectivity index (χ1n) is 20.4. The Hall–Kier alpha value is -6.90. The lowest BCUT2D eigenvalue weighted by atomic mass is 9.82. The molecule has 0 saturated carbocycles. The summed E-state index contributed by atoms with van der Waals surface area (Å²) >= 11 is 0. The zero-order valence-corrected chi connectivity index (χ0v) is 33.4.